The summed E-state index contributed by atoms with van der Waals surface area (Å²) in [7, 11) is 0. The molecule has 1 rings (SSSR count). The van der Waals surface area contributed by atoms with Crippen LogP contribution in [0.5, 0.6) is 0 Å². The number of carbonyl (C=O) groups is 1. The number of hydrogen-bond donors (Lipinski definition) is 2. The molecule has 0 spiro atoms. The Balaban J connectivity index is 2.73. The summed E-state index contributed by atoms with van der Waals surface area (Å²) >= 11 is 0. The Morgan fingerprint density at radius 2 is 1.25 bits per heavy atom. The van der Waals surface area contributed by atoms with Gasteiger partial charge in [0.25, 0.3) is 0 Å². The zero-order chi connectivity index (χ0) is 12.5. The lowest BCUT2D eigenvalue weighted by molar-refractivity contribution is 0.140. The van der Waals surface area contributed by atoms with E-state index in [1.54, 1.807) is 10.0 Å². The molecule has 1 heterocycles. The Bertz CT molecular complexity index is 230. The minimum absolute atomic E-state index is 0.00222. The van der Waals surface area contributed by atoms with E-state index in [1.807, 2.05) is 27.7 Å². The van der Waals surface area contributed by atoms with Gasteiger partial charge in [-0.1, -0.05) is 0 Å². The van der Waals surface area contributed by atoms with Crippen LogP contribution >= 0.6 is 0 Å². The molecule has 1 aliphatic heterocycles. The fraction of sp³-hybridized carbons (Fsp3) is 0.909. The standard InChI is InChI=1S/C11H24N4O/c1-7(2)12-14-9(5)10(6)15(11(14)16)13-8(3)4/h7-10,12-13H,1-6H3/t9-,10-/m1/s1. The summed E-state index contributed by atoms with van der Waals surface area (Å²) in [5.74, 6) is 0. The molecule has 1 saturated heterocycles. The first-order chi connectivity index (χ1) is 7.34. The molecule has 2 atom stereocenters. The first-order valence-corrected chi connectivity index (χ1v) is 5.99. The van der Waals surface area contributed by atoms with Crippen molar-refractivity contribution in [1.29, 1.82) is 0 Å². The van der Waals surface area contributed by atoms with Crippen LogP contribution in [0.15, 0.2) is 0 Å². The number of hydrazine groups is 2. The first kappa shape index (κ1) is 13.3. The summed E-state index contributed by atoms with van der Waals surface area (Å²) in [6.07, 6.45) is 0. The van der Waals surface area contributed by atoms with Crippen molar-refractivity contribution in [3.05, 3.63) is 0 Å². The Labute approximate surface area is 98.1 Å². The number of nitrogens with zero attached hydrogens (tertiary/aromatic N) is 2. The van der Waals surface area contributed by atoms with Crippen LogP contribution in [0.2, 0.25) is 0 Å². The summed E-state index contributed by atoms with van der Waals surface area (Å²) in [6.45, 7) is 12.2. The van der Waals surface area contributed by atoms with Gasteiger partial charge in [0.1, 0.15) is 0 Å². The zero-order valence-corrected chi connectivity index (χ0v) is 11.1. The molecule has 0 saturated carbocycles. The highest BCUT2D eigenvalue weighted by Crippen LogP contribution is 2.19. The predicted octanol–water partition coefficient (Wildman–Crippen LogP) is 1.33. The summed E-state index contributed by atoms with van der Waals surface area (Å²) in [6, 6.07) is 0.861. The monoisotopic (exact) mass is 228 g/mol. The lowest BCUT2D eigenvalue weighted by Crippen LogP contribution is -2.50. The van der Waals surface area contributed by atoms with E-state index >= 15 is 0 Å². The average molecular weight is 228 g/mol. The lowest BCUT2D eigenvalue weighted by atomic mass is 10.2. The molecule has 94 valence electrons. The Morgan fingerprint density at radius 3 is 1.50 bits per heavy atom. The van der Waals surface area contributed by atoms with Crippen LogP contribution in [-0.4, -0.2) is 40.2 Å². The molecule has 2 N–H and O–H groups in total. The van der Waals surface area contributed by atoms with Gasteiger partial charge in [-0.25, -0.2) is 15.6 Å². The molecule has 0 aliphatic carbocycles. The Morgan fingerprint density at radius 1 is 0.938 bits per heavy atom. The van der Waals surface area contributed by atoms with Gasteiger partial charge >= 0.3 is 6.03 Å². The predicted molar refractivity (Wildman–Crippen MR) is 64.5 cm³/mol. The van der Waals surface area contributed by atoms with Gasteiger partial charge in [-0.3, -0.25) is 10.0 Å². The largest absolute Gasteiger partial charge is 0.349 e. The summed E-state index contributed by atoms with van der Waals surface area (Å²) in [5.41, 5.74) is 6.35. The SMILES string of the molecule is CC(C)NN1C(=O)N(NC(C)C)[C@H](C)[C@H]1C. The van der Waals surface area contributed by atoms with E-state index in [2.05, 4.69) is 24.7 Å². The Kier molecular flexibility index (Phi) is 4.15. The third kappa shape index (κ3) is 2.65. The van der Waals surface area contributed by atoms with Crippen molar-refractivity contribution in [2.75, 3.05) is 0 Å². The number of carbonyl (C=O) groups excluding carboxylic acids is 1. The second kappa shape index (κ2) is 5.01. The number of rotatable bonds is 4. The lowest BCUT2D eigenvalue weighted by Gasteiger charge is -2.24. The highest BCUT2D eigenvalue weighted by molar-refractivity contribution is 5.76. The van der Waals surface area contributed by atoms with Crippen LogP contribution < -0.4 is 10.9 Å². The molecule has 0 radical (unpaired) electrons. The molecule has 0 aromatic carbocycles. The number of urea groups is 1. The molecule has 5 heteroatoms. The number of amides is 2. The quantitative estimate of drug-likeness (QED) is 0.763. The smallest absolute Gasteiger partial charge is 0.253 e. The van der Waals surface area contributed by atoms with Crippen LogP contribution in [0.3, 0.4) is 0 Å². The van der Waals surface area contributed by atoms with E-state index in [0.717, 1.165) is 0 Å². The van der Waals surface area contributed by atoms with Gasteiger partial charge in [0, 0.05) is 12.1 Å². The fourth-order valence-corrected chi connectivity index (χ4v) is 1.80. The second-order valence-corrected chi connectivity index (χ2v) is 5.07. The van der Waals surface area contributed by atoms with Gasteiger partial charge in [-0.2, -0.15) is 0 Å². The highest BCUT2D eigenvalue weighted by Gasteiger charge is 2.41. The van der Waals surface area contributed by atoms with E-state index in [0.29, 0.717) is 0 Å². The topological polar surface area (TPSA) is 47.6 Å². The van der Waals surface area contributed by atoms with Crippen molar-refractivity contribution in [3.63, 3.8) is 0 Å². The van der Waals surface area contributed by atoms with E-state index in [9.17, 15) is 4.79 Å². The van der Waals surface area contributed by atoms with Crippen molar-refractivity contribution in [2.45, 2.75) is 65.7 Å². The molecular weight excluding hydrogens is 204 g/mol. The van der Waals surface area contributed by atoms with Crippen LogP contribution in [-0.2, 0) is 0 Å². The van der Waals surface area contributed by atoms with Gasteiger partial charge < -0.3 is 0 Å². The van der Waals surface area contributed by atoms with Gasteiger partial charge in [0.2, 0.25) is 0 Å². The van der Waals surface area contributed by atoms with Crippen molar-refractivity contribution in [3.8, 4) is 0 Å². The maximum atomic E-state index is 12.1. The van der Waals surface area contributed by atoms with E-state index < -0.39 is 0 Å². The van der Waals surface area contributed by atoms with Gasteiger partial charge in [0.05, 0.1) is 12.1 Å². The maximum absolute atomic E-state index is 12.1. The number of nitrogens with one attached hydrogen (secondary N) is 2. The highest BCUT2D eigenvalue weighted by atomic mass is 16.2. The second-order valence-electron chi connectivity index (χ2n) is 5.07. The third-order valence-electron chi connectivity index (χ3n) is 2.72. The van der Waals surface area contributed by atoms with Crippen molar-refractivity contribution in [1.82, 2.24) is 20.9 Å². The van der Waals surface area contributed by atoms with Crippen LogP contribution in [0.25, 0.3) is 0 Å². The van der Waals surface area contributed by atoms with Crippen molar-refractivity contribution >= 4 is 6.03 Å². The minimum atomic E-state index is 0.00222. The summed E-state index contributed by atoms with van der Waals surface area (Å²) < 4.78 is 0. The number of hydrogen-bond acceptors (Lipinski definition) is 3. The normalized spacial score (nSPS) is 26.4. The molecule has 16 heavy (non-hydrogen) atoms. The third-order valence-corrected chi connectivity index (χ3v) is 2.72. The molecule has 0 aromatic rings. The molecule has 0 unspecified atom stereocenters. The van der Waals surface area contributed by atoms with E-state index in [1.165, 1.54) is 0 Å². The summed E-state index contributed by atoms with van der Waals surface area (Å²) in [4.78, 5) is 12.1. The molecule has 0 aromatic heterocycles. The Hall–Kier alpha value is -0.810. The molecule has 1 fully saturated rings. The van der Waals surface area contributed by atoms with E-state index in [-0.39, 0.29) is 30.2 Å². The van der Waals surface area contributed by atoms with Crippen molar-refractivity contribution in [2.24, 2.45) is 0 Å². The van der Waals surface area contributed by atoms with Crippen molar-refractivity contribution < 1.29 is 4.79 Å². The minimum Gasteiger partial charge on any atom is -0.253 e. The fourth-order valence-electron chi connectivity index (χ4n) is 1.80. The molecule has 1 aliphatic rings. The molecular formula is C11H24N4O. The molecule has 2 amide bonds. The summed E-state index contributed by atoms with van der Waals surface area (Å²) in [5, 5.41) is 3.43. The van der Waals surface area contributed by atoms with Gasteiger partial charge in [0.15, 0.2) is 0 Å². The molecule has 0 bridgehead atoms. The van der Waals surface area contributed by atoms with Crippen LogP contribution in [0.1, 0.15) is 41.5 Å². The average Bonchev–Trinajstić information content (AvgIpc) is 2.34. The van der Waals surface area contributed by atoms with Crippen LogP contribution in [0.4, 0.5) is 4.79 Å². The first-order valence-electron chi connectivity index (χ1n) is 5.99. The maximum Gasteiger partial charge on any atom is 0.349 e. The van der Waals surface area contributed by atoms with Gasteiger partial charge in [-0.15, -0.1) is 0 Å². The van der Waals surface area contributed by atoms with Gasteiger partial charge in [-0.05, 0) is 41.5 Å². The molecule has 5 nitrogen and oxygen atoms in total. The zero-order valence-electron chi connectivity index (χ0n) is 11.1. The van der Waals surface area contributed by atoms with Crippen LogP contribution in [0, 0.1) is 0 Å². The van der Waals surface area contributed by atoms with E-state index in [4.69, 9.17) is 0 Å².